The van der Waals surface area contributed by atoms with E-state index in [4.69, 9.17) is 14.2 Å². The Kier molecular flexibility index (Phi) is 7.08. The van der Waals surface area contributed by atoms with Crippen LogP contribution in [0.2, 0.25) is 0 Å². The molecule has 1 atom stereocenters. The predicted molar refractivity (Wildman–Crippen MR) is 121 cm³/mol. The molecule has 0 spiro atoms. The fourth-order valence-corrected chi connectivity index (χ4v) is 6.40. The summed E-state index contributed by atoms with van der Waals surface area (Å²) in [7, 11) is -3.13. The molecule has 2 aliphatic heterocycles. The molecule has 0 aliphatic carbocycles. The smallest absolute Gasteiger partial charge is 0.341 e. The number of amides is 1. The molecule has 11 heteroatoms. The molecular weight excluding hydrogens is 468 g/mol. The van der Waals surface area contributed by atoms with Crippen molar-refractivity contribution in [3.8, 4) is 11.5 Å². The summed E-state index contributed by atoms with van der Waals surface area (Å²) < 4.78 is 39.9. The van der Waals surface area contributed by atoms with Crippen LogP contribution < -0.4 is 9.47 Å². The number of hydrogen-bond acceptors (Lipinski definition) is 9. The van der Waals surface area contributed by atoms with E-state index in [9.17, 15) is 18.0 Å². The highest BCUT2D eigenvalue weighted by Crippen LogP contribution is 2.37. The van der Waals surface area contributed by atoms with Crippen molar-refractivity contribution in [2.75, 3.05) is 37.9 Å². The largest absolute Gasteiger partial charge is 0.486 e. The summed E-state index contributed by atoms with van der Waals surface area (Å²) >= 11 is 1.27. The third-order valence-electron chi connectivity index (χ3n) is 5.36. The first-order valence-corrected chi connectivity index (χ1v) is 13.2. The Labute approximate surface area is 196 Å². The first-order valence-electron chi connectivity index (χ1n) is 10.6. The highest BCUT2D eigenvalue weighted by molar-refractivity contribution is 7.99. The van der Waals surface area contributed by atoms with Gasteiger partial charge < -0.3 is 19.1 Å². The molecule has 0 N–H and O–H groups in total. The van der Waals surface area contributed by atoms with Crippen LogP contribution in [-0.2, 0) is 19.4 Å². The molecule has 1 saturated heterocycles. The summed E-state index contributed by atoms with van der Waals surface area (Å²) in [5, 5.41) is 0.431. The number of carbonyl (C=O) groups is 2. The highest BCUT2D eigenvalue weighted by Gasteiger charge is 2.34. The SMILES string of the molecule is CCN(C(=O)COC(=O)c1cccnc1Sc1ccc2c(c1)OCCO2)[C@H]1CCS(=O)(=O)C1. The number of rotatable bonds is 7. The molecule has 4 rings (SSSR count). The quantitative estimate of drug-likeness (QED) is 0.537. The predicted octanol–water partition coefficient (Wildman–Crippen LogP) is 2.20. The van der Waals surface area contributed by atoms with Crippen molar-refractivity contribution in [3.63, 3.8) is 0 Å². The van der Waals surface area contributed by atoms with Gasteiger partial charge in [-0.15, -0.1) is 0 Å². The average Bonchev–Trinajstić information content (AvgIpc) is 3.17. The summed E-state index contributed by atoms with van der Waals surface area (Å²) in [5.41, 5.74) is 0.233. The number of likely N-dealkylation sites (N-methyl/N-ethyl adjacent to an activating group) is 1. The Morgan fingerprint density at radius 1 is 1.21 bits per heavy atom. The van der Waals surface area contributed by atoms with Gasteiger partial charge in [0, 0.05) is 23.7 Å². The zero-order valence-corrected chi connectivity index (χ0v) is 19.7. The lowest BCUT2D eigenvalue weighted by molar-refractivity contribution is -0.136. The van der Waals surface area contributed by atoms with Crippen LogP contribution in [0.3, 0.4) is 0 Å². The Morgan fingerprint density at radius 2 is 2.00 bits per heavy atom. The Bertz CT molecular complexity index is 1150. The molecule has 1 aromatic carbocycles. The van der Waals surface area contributed by atoms with Crippen molar-refractivity contribution in [2.45, 2.75) is 29.3 Å². The number of esters is 1. The lowest BCUT2D eigenvalue weighted by Gasteiger charge is -2.26. The van der Waals surface area contributed by atoms with E-state index in [-0.39, 0.29) is 23.1 Å². The maximum Gasteiger partial charge on any atom is 0.341 e. The maximum absolute atomic E-state index is 12.7. The molecular formula is C22H24N2O7S2. The number of sulfone groups is 1. The average molecular weight is 493 g/mol. The molecule has 1 aromatic heterocycles. The van der Waals surface area contributed by atoms with E-state index in [0.29, 0.717) is 42.7 Å². The molecule has 1 fully saturated rings. The standard InChI is InChI=1S/C22H24N2O7S2/c1-2-24(15-7-11-33(27,28)14-15)20(25)13-31-22(26)17-4-3-8-23-21(17)32-16-5-6-18-19(12-16)30-10-9-29-18/h3-6,8,12,15H,2,7,9-11,13-14H2,1H3/t15-/m0/s1. The molecule has 33 heavy (non-hydrogen) atoms. The van der Waals surface area contributed by atoms with Crippen LogP contribution in [0.25, 0.3) is 0 Å². The normalized spacial score (nSPS) is 18.5. The minimum Gasteiger partial charge on any atom is -0.486 e. The van der Waals surface area contributed by atoms with Crippen LogP contribution in [-0.4, -0.2) is 74.1 Å². The summed E-state index contributed by atoms with van der Waals surface area (Å²) in [6, 6.07) is 8.29. The third kappa shape index (κ3) is 5.59. The van der Waals surface area contributed by atoms with Crippen molar-refractivity contribution in [2.24, 2.45) is 0 Å². The number of benzene rings is 1. The van der Waals surface area contributed by atoms with Crippen molar-refractivity contribution in [1.82, 2.24) is 9.88 Å². The Morgan fingerprint density at radius 3 is 2.73 bits per heavy atom. The van der Waals surface area contributed by atoms with Crippen LogP contribution >= 0.6 is 11.8 Å². The highest BCUT2D eigenvalue weighted by atomic mass is 32.2. The van der Waals surface area contributed by atoms with Gasteiger partial charge >= 0.3 is 5.97 Å². The first kappa shape index (κ1) is 23.4. The summed E-state index contributed by atoms with van der Waals surface area (Å²) in [4.78, 5) is 31.9. The molecule has 3 heterocycles. The van der Waals surface area contributed by atoms with Gasteiger partial charge in [-0.3, -0.25) is 4.79 Å². The van der Waals surface area contributed by atoms with E-state index in [1.165, 1.54) is 16.7 Å². The molecule has 0 bridgehead atoms. The number of nitrogens with zero attached hydrogens (tertiary/aromatic N) is 2. The topological polar surface area (TPSA) is 112 Å². The number of ether oxygens (including phenoxy) is 3. The van der Waals surface area contributed by atoms with Crippen LogP contribution in [0.4, 0.5) is 0 Å². The maximum atomic E-state index is 12.7. The number of fused-ring (bicyclic) bond motifs is 1. The number of aromatic nitrogens is 1. The van der Waals surface area contributed by atoms with Gasteiger partial charge in [0.1, 0.15) is 18.2 Å². The van der Waals surface area contributed by atoms with E-state index in [1.54, 1.807) is 31.3 Å². The lowest BCUT2D eigenvalue weighted by Crippen LogP contribution is -2.43. The van der Waals surface area contributed by atoms with Gasteiger partial charge in [0.2, 0.25) is 0 Å². The first-order chi connectivity index (χ1) is 15.9. The minimum atomic E-state index is -3.13. The van der Waals surface area contributed by atoms with E-state index in [2.05, 4.69) is 4.98 Å². The second kappa shape index (κ2) is 10.0. The minimum absolute atomic E-state index is 0.0561. The summed E-state index contributed by atoms with van der Waals surface area (Å²) in [5.74, 6) is 0.215. The van der Waals surface area contributed by atoms with E-state index < -0.39 is 28.3 Å². The van der Waals surface area contributed by atoms with E-state index in [1.807, 2.05) is 12.1 Å². The summed E-state index contributed by atoms with van der Waals surface area (Å²) in [6.45, 7) is 2.62. The zero-order valence-electron chi connectivity index (χ0n) is 18.1. The van der Waals surface area contributed by atoms with Crippen molar-refractivity contribution < 1.29 is 32.2 Å². The van der Waals surface area contributed by atoms with Gasteiger partial charge in [-0.2, -0.15) is 0 Å². The molecule has 0 unspecified atom stereocenters. The molecule has 1 amide bonds. The molecule has 0 radical (unpaired) electrons. The van der Waals surface area contributed by atoms with Gasteiger partial charge in [0.25, 0.3) is 5.91 Å². The zero-order chi connectivity index (χ0) is 23.4. The molecule has 9 nitrogen and oxygen atoms in total. The second-order valence-corrected chi connectivity index (χ2v) is 10.9. The Hall–Kier alpha value is -2.79. The van der Waals surface area contributed by atoms with E-state index in [0.717, 1.165) is 4.90 Å². The summed E-state index contributed by atoms with van der Waals surface area (Å²) in [6.07, 6.45) is 1.97. The fourth-order valence-electron chi connectivity index (χ4n) is 3.77. The number of pyridine rings is 1. The monoisotopic (exact) mass is 492 g/mol. The van der Waals surface area contributed by atoms with Crippen LogP contribution in [0.5, 0.6) is 11.5 Å². The third-order valence-corrected chi connectivity index (χ3v) is 8.11. The molecule has 2 aliphatic rings. The van der Waals surface area contributed by atoms with Crippen molar-refractivity contribution >= 4 is 33.5 Å². The van der Waals surface area contributed by atoms with Crippen LogP contribution in [0.1, 0.15) is 23.7 Å². The van der Waals surface area contributed by atoms with Gasteiger partial charge in [0.05, 0.1) is 17.1 Å². The van der Waals surface area contributed by atoms with Gasteiger partial charge in [-0.1, -0.05) is 11.8 Å². The molecule has 2 aromatic rings. The molecule has 0 saturated carbocycles. The van der Waals surface area contributed by atoms with Gasteiger partial charge in [0.15, 0.2) is 27.9 Å². The van der Waals surface area contributed by atoms with E-state index >= 15 is 0 Å². The number of hydrogen-bond donors (Lipinski definition) is 0. The van der Waals surface area contributed by atoms with Crippen LogP contribution in [0.15, 0.2) is 46.5 Å². The van der Waals surface area contributed by atoms with Crippen molar-refractivity contribution in [3.05, 3.63) is 42.1 Å². The fraction of sp³-hybridized carbons (Fsp3) is 0.409. The van der Waals surface area contributed by atoms with Gasteiger partial charge in [-0.05, 0) is 43.7 Å². The van der Waals surface area contributed by atoms with Gasteiger partial charge in [-0.25, -0.2) is 18.2 Å². The Balaban J connectivity index is 1.41. The second-order valence-electron chi connectivity index (χ2n) is 7.58. The number of carbonyl (C=O) groups excluding carboxylic acids is 2. The van der Waals surface area contributed by atoms with Crippen molar-refractivity contribution in [1.29, 1.82) is 0 Å². The van der Waals surface area contributed by atoms with Crippen LogP contribution in [0, 0.1) is 0 Å². The molecule has 176 valence electrons. The lowest BCUT2D eigenvalue weighted by atomic mass is 10.2.